The molecule has 2 aliphatic rings. The molecule has 1 saturated carbocycles. The first-order valence-corrected chi connectivity index (χ1v) is 8.00. The smallest absolute Gasteiger partial charge is 0.326 e. The summed E-state index contributed by atoms with van der Waals surface area (Å²) in [5.74, 6) is 0.802. The van der Waals surface area contributed by atoms with Crippen LogP contribution in [0.25, 0.3) is 0 Å². The Balaban J connectivity index is 1.70. The van der Waals surface area contributed by atoms with Crippen LogP contribution < -0.4 is 5.32 Å². The van der Waals surface area contributed by atoms with Crippen LogP contribution in [0.15, 0.2) is 41.3 Å². The molecule has 1 fully saturated rings. The average Bonchev–Trinajstić information content (AvgIpc) is 2.97. The van der Waals surface area contributed by atoms with Crippen LogP contribution in [0.3, 0.4) is 0 Å². The summed E-state index contributed by atoms with van der Waals surface area (Å²) in [6.45, 7) is 2.06. The van der Waals surface area contributed by atoms with Gasteiger partial charge < -0.3 is 5.32 Å². The lowest BCUT2D eigenvalue weighted by molar-refractivity contribution is -0.121. The maximum atomic E-state index is 12.4. The average molecular weight is 327 g/mol. The molecule has 2 bridgehead atoms. The van der Waals surface area contributed by atoms with Crippen LogP contribution >= 0.6 is 11.8 Å². The van der Waals surface area contributed by atoms with E-state index in [2.05, 4.69) is 24.4 Å². The fraction of sp³-hybridized carbons (Fsp3) is 0.438. The summed E-state index contributed by atoms with van der Waals surface area (Å²) in [7, 11) is 0. The quantitative estimate of drug-likeness (QED) is 0.644. The number of amides is 1. The van der Waals surface area contributed by atoms with Gasteiger partial charge in [-0.3, -0.25) is 4.79 Å². The molecule has 22 heavy (non-hydrogen) atoms. The number of allylic oxidation sites excluding steroid dienone is 2. The Morgan fingerprint density at radius 2 is 2.00 bits per heavy atom. The predicted octanol–water partition coefficient (Wildman–Crippen LogP) is 4.70. The molecule has 1 unspecified atom stereocenters. The molecule has 2 nitrogen and oxygen atoms in total. The number of anilines is 1. The van der Waals surface area contributed by atoms with Gasteiger partial charge in [0.2, 0.25) is 5.91 Å². The van der Waals surface area contributed by atoms with Crippen molar-refractivity contribution in [2.75, 3.05) is 5.32 Å². The Labute approximate surface area is 131 Å². The number of thioether (sulfide) groups is 1. The fourth-order valence-corrected chi connectivity index (χ4v) is 4.10. The number of alkyl halides is 3. The van der Waals surface area contributed by atoms with E-state index in [1.807, 2.05) is 0 Å². The molecule has 0 aromatic heterocycles. The number of hydrogen-bond donors (Lipinski definition) is 1. The van der Waals surface area contributed by atoms with Crippen LogP contribution in [-0.2, 0) is 4.79 Å². The summed E-state index contributed by atoms with van der Waals surface area (Å²) >= 11 is -0.176. The van der Waals surface area contributed by atoms with Crippen molar-refractivity contribution in [1.82, 2.24) is 0 Å². The van der Waals surface area contributed by atoms with Crippen LogP contribution in [0.5, 0.6) is 0 Å². The van der Waals surface area contributed by atoms with Crippen LogP contribution in [0, 0.1) is 23.7 Å². The second-order valence-corrected chi connectivity index (χ2v) is 7.04. The molecule has 6 heteroatoms. The minimum atomic E-state index is -4.33. The molecule has 118 valence electrons. The highest BCUT2D eigenvalue weighted by molar-refractivity contribution is 8.00. The van der Waals surface area contributed by atoms with Crippen LogP contribution in [0.1, 0.15) is 13.3 Å². The zero-order valence-electron chi connectivity index (χ0n) is 11.9. The van der Waals surface area contributed by atoms with Gasteiger partial charge in [-0.05, 0) is 54.1 Å². The Bertz CT molecular complexity index is 614. The second kappa shape index (κ2) is 5.65. The number of hydrogen-bond acceptors (Lipinski definition) is 2. The summed E-state index contributed by atoms with van der Waals surface area (Å²) in [6.07, 6.45) is 5.26. The normalized spacial score (nSPS) is 29.8. The fourth-order valence-electron chi connectivity index (χ4n) is 3.50. The van der Waals surface area contributed by atoms with Crippen molar-refractivity contribution < 1.29 is 18.0 Å². The van der Waals surface area contributed by atoms with Crippen molar-refractivity contribution in [3.8, 4) is 0 Å². The monoisotopic (exact) mass is 327 g/mol. The molecule has 0 heterocycles. The number of nitrogens with one attached hydrogen (secondary N) is 1. The van der Waals surface area contributed by atoms with E-state index in [4.69, 9.17) is 0 Å². The van der Waals surface area contributed by atoms with Crippen molar-refractivity contribution in [1.29, 1.82) is 0 Å². The van der Waals surface area contributed by atoms with Gasteiger partial charge in [-0.15, -0.1) is 0 Å². The van der Waals surface area contributed by atoms with E-state index in [0.717, 1.165) is 6.42 Å². The van der Waals surface area contributed by atoms with Gasteiger partial charge in [0.25, 0.3) is 0 Å². The molecule has 4 atom stereocenters. The molecule has 0 radical (unpaired) electrons. The number of halogens is 3. The minimum Gasteiger partial charge on any atom is -0.326 e. The molecule has 2 aliphatic carbocycles. The summed E-state index contributed by atoms with van der Waals surface area (Å²) in [6, 6.07) is 5.89. The molecule has 1 aromatic carbocycles. The molecular weight excluding hydrogens is 311 g/mol. The number of fused-ring (bicyclic) bond motifs is 2. The first kappa shape index (κ1) is 15.5. The minimum absolute atomic E-state index is 0.0752. The van der Waals surface area contributed by atoms with E-state index in [-0.39, 0.29) is 40.3 Å². The van der Waals surface area contributed by atoms with Gasteiger partial charge in [0.15, 0.2) is 0 Å². The first-order valence-electron chi connectivity index (χ1n) is 7.18. The highest BCUT2D eigenvalue weighted by atomic mass is 32.2. The summed E-state index contributed by atoms with van der Waals surface area (Å²) in [4.78, 5) is 12.5. The van der Waals surface area contributed by atoms with Crippen LogP contribution in [-0.4, -0.2) is 11.4 Å². The van der Waals surface area contributed by atoms with E-state index in [1.54, 1.807) is 6.07 Å². The van der Waals surface area contributed by atoms with Gasteiger partial charge in [0.1, 0.15) is 0 Å². The zero-order chi connectivity index (χ0) is 15.9. The van der Waals surface area contributed by atoms with Gasteiger partial charge in [0.05, 0.1) is 0 Å². The lowest BCUT2D eigenvalue weighted by atomic mass is 9.84. The lowest BCUT2D eigenvalue weighted by Gasteiger charge is -2.23. The van der Waals surface area contributed by atoms with Gasteiger partial charge in [-0.25, -0.2) is 0 Å². The van der Waals surface area contributed by atoms with Crippen molar-refractivity contribution in [3.63, 3.8) is 0 Å². The van der Waals surface area contributed by atoms with E-state index >= 15 is 0 Å². The van der Waals surface area contributed by atoms with Crippen molar-refractivity contribution in [2.45, 2.75) is 23.7 Å². The first-order chi connectivity index (χ1) is 10.3. The highest BCUT2D eigenvalue weighted by Gasteiger charge is 2.45. The van der Waals surface area contributed by atoms with Gasteiger partial charge in [0, 0.05) is 16.5 Å². The van der Waals surface area contributed by atoms with E-state index in [0.29, 0.717) is 11.6 Å². The standard InChI is InChI=1S/C16H16F3NOS/c1-9-10-5-6-11(7-10)14(9)15(21)20-12-3-2-4-13(8-12)22-16(17,18)19/h2-6,8-11,14H,7H2,1H3,(H,20,21)/t9-,10+,11-,14?/m1/s1. The SMILES string of the molecule is C[C@H]1C(C(=O)Nc2cccc(SC(F)(F)F)c2)[C@@H]2C=C[C@H]1C2. The third-order valence-corrected chi connectivity index (χ3v) is 5.21. The molecule has 3 rings (SSSR count). The number of rotatable bonds is 3. The second-order valence-electron chi connectivity index (χ2n) is 5.90. The Morgan fingerprint density at radius 3 is 2.64 bits per heavy atom. The molecule has 0 saturated heterocycles. The number of carbonyl (C=O) groups excluding carboxylic acids is 1. The molecule has 0 aliphatic heterocycles. The van der Waals surface area contributed by atoms with Gasteiger partial charge >= 0.3 is 5.51 Å². The van der Waals surface area contributed by atoms with Gasteiger partial charge in [-0.1, -0.05) is 25.1 Å². The number of benzene rings is 1. The highest BCUT2D eigenvalue weighted by Crippen LogP contribution is 2.48. The van der Waals surface area contributed by atoms with Crippen LogP contribution in [0.4, 0.5) is 18.9 Å². The Hall–Kier alpha value is -1.43. The van der Waals surface area contributed by atoms with Crippen LogP contribution in [0.2, 0.25) is 0 Å². The third-order valence-electron chi connectivity index (χ3n) is 4.49. The van der Waals surface area contributed by atoms with Crippen molar-refractivity contribution in [3.05, 3.63) is 36.4 Å². The van der Waals surface area contributed by atoms with Crippen molar-refractivity contribution >= 4 is 23.4 Å². The van der Waals surface area contributed by atoms with E-state index in [1.165, 1.54) is 18.2 Å². The van der Waals surface area contributed by atoms with E-state index < -0.39 is 5.51 Å². The molecule has 1 amide bonds. The molecule has 0 spiro atoms. The Morgan fingerprint density at radius 1 is 1.27 bits per heavy atom. The Kier molecular flexibility index (Phi) is 3.97. The summed E-state index contributed by atoms with van der Waals surface area (Å²) in [5, 5.41) is 2.77. The molecule has 1 N–H and O–H groups in total. The van der Waals surface area contributed by atoms with Gasteiger partial charge in [-0.2, -0.15) is 13.2 Å². The molecule has 1 aromatic rings. The number of carbonyl (C=O) groups is 1. The maximum Gasteiger partial charge on any atom is 0.446 e. The summed E-state index contributed by atoms with van der Waals surface area (Å²) in [5.41, 5.74) is -3.91. The third kappa shape index (κ3) is 3.16. The molecular formula is C16H16F3NOS. The van der Waals surface area contributed by atoms with Crippen molar-refractivity contribution in [2.24, 2.45) is 23.7 Å². The maximum absolute atomic E-state index is 12.4. The van der Waals surface area contributed by atoms with E-state index in [9.17, 15) is 18.0 Å². The lowest BCUT2D eigenvalue weighted by Crippen LogP contribution is -2.31. The zero-order valence-corrected chi connectivity index (χ0v) is 12.7. The predicted molar refractivity (Wildman–Crippen MR) is 80.4 cm³/mol. The largest absolute Gasteiger partial charge is 0.446 e. The topological polar surface area (TPSA) is 29.1 Å². The summed E-state index contributed by atoms with van der Waals surface area (Å²) < 4.78 is 37.2.